The second-order valence-corrected chi connectivity index (χ2v) is 10.1. The first-order chi connectivity index (χ1) is 14.8. The number of aryl methyl sites for hydroxylation is 3. The molecule has 168 valence electrons. The lowest BCUT2D eigenvalue weighted by Gasteiger charge is -2.17. The van der Waals surface area contributed by atoms with E-state index in [0.717, 1.165) is 23.8 Å². The lowest BCUT2D eigenvalue weighted by molar-refractivity contribution is -0.122. The Balaban J connectivity index is 1.90. The summed E-state index contributed by atoms with van der Waals surface area (Å²) in [6, 6.07) is 14.8. The van der Waals surface area contributed by atoms with Gasteiger partial charge in [-0.25, -0.2) is 8.42 Å². The standard InChI is InChI=1S/C24H32N2O3S2/c1-19-11-12-22(20(2)18-19)10-7-15-25-24(27)23(13-16-30-3)26-31(28,29)17-14-21-8-5-4-6-9-21/h4-6,8-9,11-12,14,17-18,23,26H,7,10,13,15-16H2,1-3H3,(H,25,27)/b17-14+. The molecule has 0 heterocycles. The molecule has 2 aromatic carbocycles. The van der Waals surface area contributed by atoms with Crippen LogP contribution in [0.1, 0.15) is 35.1 Å². The van der Waals surface area contributed by atoms with Gasteiger partial charge in [0.15, 0.2) is 0 Å². The van der Waals surface area contributed by atoms with Crippen LogP contribution >= 0.6 is 11.8 Å². The van der Waals surface area contributed by atoms with Gasteiger partial charge in [0.05, 0.1) is 0 Å². The first kappa shape index (κ1) is 25.2. The van der Waals surface area contributed by atoms with Crippen LogP contribution in [0.3, 0.4) is 0 Å². The van der Waals surface area contributed by atoms with Crippen LogP contribution in [-0.2, 0) is 21.2 Å². The Labute approximate surface area is 190 Å². The van der Waals surface area contributed by atoms with Crippen molar-refractivity contribution >= 4 is 33.8 Å². The van der Waals surface area contributed by atoms with Crippen LogP contribution in [0.5, 0.6) is 0 Å². The minimum atomic E-state index is -3.74. The van der Waals surface area contributed by atoms with Gasteiger partial charge in [-0.05, 0) is 67.9 Å². The van der Waals surface area contributed by atoms with Crippen molar-refractivity contribution in [3.05, 3.63) is 76.2 Å². The molecule has 31 heavy (non-hydrogen) atoms. The summed E-state index contributed by atoms with van der Waals surface area (Å²) in [6.07, 6.45) is 5.56. The van der Waals surface area contributed by atoms with Crippen LogP contribution in [-0.4, -0.2) is 38.9 Å². The second-order valence-electron chi connectivity index (χ2n) is 7.53. The van der Waals surface area contributed by atoms with Crippen LogP contribution < -0.4 is 10.0 Å². The number of carbonyl (C=O) groups is 1. The molecular weight excluding hydrogens is 428 g/mol. The molecule has 2 aromatic rings. The summed E-state index contributed by atoms with van der Waals surface area (Å²) < 4.78 is 27.5. The van der Waals surface area contributed by atoms with Crippen LogP contribution in [0.4, 0.5) is 0 Å². The largest absolute Gasteiger partial charge is 0.355 e. The number of carbonyl (C=O) groups excluding carboxylic acids is 1. The van der Waals surface area contributed by atoms with E-state index in [1.165, 1.54) is 22.8 Å². The Morgan fingerprint density at radius 1 is 1.13 bits per heavy atom. The molecule has 1 atom stereocenters. The SMILES string of the molecule is CSCCC(NS(=O)(=O)/C=C/c1ccccc1)C(=O)NCCCc1ccc(C)cc1C. The molecule has 2 rings (SSSR count). The van der Waals surface area contributed by atoms with E-state index < -0.39 is 16.1 Å². The maximum absolute atomic E-state index is 12.7. The van der Waals surface area contributed by atoms with Crippen molar-refractivity contribution in [2.75, 3.05) is 18.6 Å². The predicted molar refractivity (Wildman–Crippen MR) is 132 cm³/mol. The van der Waals surface area contributed by atoms with Gasteiger partial charge in [-0.2, -0.15) is 16.5 Å². The Hall–Kier alpha value is -2.09. The van der Waals surface area contributed by atoms with Crippen molar-refractivity contribution in [1.29, 1.82) is 0 Å². The van der Waals surface area contributed by atoms with E-state index >= 15 is 0 Å². The molecule has 5 nitrogen and oxygen atoms in total. The van der Waals surface area contributed by atoms with E-state index in [1.54, 1.807) is 11.8 Å². The second kappa shape index (κ2) is 12.7. The third-order valence-electron chi connectivity index (χ3n) is 4.89. The molecule has 2 N–H and O–H groups in total. The van der Waals surface area contributed by atoms with Gasteiger partial charge in [0.25, 0.3) is 0 Å². The predicted octanol–water partition coefficient (Wildman–Crippen LogP) is 4.06. The Bertz CT molecular complexity index is 974. The van der Waals surface area contributed by atoms with Gasteiger partial charge in [0.1, 0.15) is 6.04 Å². The first-order valence-electron chi connectivity index (χ1n) is 10.4. The highest BCUT2D eigenvalue weighted by Gasteiger charge is 2.22. The van der Waals surface area contributed by atoms with Crippen molar-refractivity contribution in [3.63, 3.8) is 0 Å². The van der Waals surface area contributed by atoms with Gasteiger partial charge < -0.3 is 5.32 Å². The monoisotopic (exact) mass is 460 g/mol. The lowest BCUT2D eigenvalue weighted by atomic mass is 10.0. The van der Waals surface area contributed by atoms with Crippen LogP contribution in [0.15, 0.2) is 53.9 Å². The number of amides is 1. The van der Waals surface area contributed by atoms with Crippen molar-refractivity contribution in [2.24, 2.45) is 0 Å². The maximum Gasteiger partial charge on any atom is 0.238 e. The highest BCUT2D eigenvalue weighted by molar-refractivity contribution is 7.98. The van der Waals surface area contributed by atoms with Gasteiger partial charge in [0, 0.05) is 12.0 Å². The fourth-order valence-corrected chi connectivity index (χ4v) is 4.70. The van der Waals surface area contributed by atoms with Crippen LogP contribution in [0, 0.1) is 13.8 Å². The summed E-state index contributed by atoms with van der Waals surface area (Å²) in [5.74, 6) is 0.400. The van der Waals surface area contributed by atoms with Gasteiger partial charge >= 0.3 is 0 Å². The normalized spacial score (nSPS) is 12.7. The Morgan fingerprint density at radius 3 is 2.55 bits per heavy atom. The first-order valence-corrected chi connectivity index (χ1v) is 13.3. The molecule has 0 radical (unpaired) electrons. The lowest BCUT2D eigenvalue weighted by Crippen LogP contribution is -2.46. The summed E-state index contributed by atoms with van der Waals surface area (Å²) in [5.41, 5.74) is 4.54. The van der Waals surface area contributed by atoms with Gasteiger partial charge in [0.2, 0.25) is 15.9 Å². The van der Waals surface area contributed by atoms with E-state index in [9.17, 15) is 13.2 Å². The molecule has 0 aliphatic rings. The van der Waals surface area contributed by atoms with Gasteiger partial charge in [-0.15, -0.1) is 0 Å². The molecule has 0 fully saturated rings. The van der Waals surface area contributed by atoms with E-state index in [0.29, 0.717) is 18.7 Å². The number of nitrogens with one attached hydrogen (secondary N) is 2. The van der Waals surface area contributed by atoms with E-state index in [4.69, 9.17) is 0 Å². The van der Waals surface area contributed by atoms with Crippen LogP contribution in [0.25, 0.3) is 6.08 Å². The average Bonchev–Trinajstić information content (AvgIpc) is 2.74. The Morgan fingerprint density at radius 2 is 1.87 bits per heavy atom. The molecule has 0 bridgehead atoms. The molecule has 0 saturated heterocycles. The third kappa shape index (κ3) is 9.29. The van der Waals surface area contributed by atoms with Crippen molar-refractivity contribution in [1.82, 2.24) is 10.0 Å². The molecule has 1 unspecified atom stereocenters. The van der Waals surface area contributed by atoms with E-state index in [1.807, 2.05) is 36.6 Å². The molecule has 0 saturated carbocycles. The number of thioether (sulfide) groups is 1. The van der Waals surface area contributed by atoms with Crippen molar-refractivity contribution in [2.45, 2.75) is 39.2 Å². The number of benzene rings is 2. The average molecular weight is 461 g/mol. The Kier molecular flexibility index (Phi) is 10.3. The number of hydrogen-bond donors (Lipinski definition) is 2. The van der Waals surface area contributed by atoms with Crippen LogP contribution in [0.2, 0.25) is 0 Å². The quantitative estimate of drug-likeness (QED) is 0.468. The smallest absolute Gasteiger partial charge is 0.238 e. The summed E-state index contributed by atoms with van der Waals surface area (Å²) in [7, 11) is -3.74. The zero-order valence-electron chi connectivity index (χ0n) is 18.4. The summed E-state index contributed by atoms with van der Waals surface area (Å²) in [5, 5.41) is 4.00. The van der Waals surface area contributed by atoms with Gasteiger partial charge in [-0.1, -0.05) is 54.1 Å². The number of hydrogen-bond acceptors (Lipinski definition) is 4. The van der Waals surface area contributed by atoms with Gasteiger partial charge in [-0.3, -0.25) is 4.79 Å². The van der Waals surface area contributed by atoms with E-state index in [-0.39, 0.29) is 5.91 Å². The highest BCUT2D eigenvalue weighted by atomic mass is 32.2. The molecule has 7 heteroatoms. The summed E-state index contributed by atoms with van der Waals surface area (Å²) in [6.45, 7) is 4.67. The zero-order chi connectivity index (χ0) is 22.7. The zero-order valence-corrected chi connectivity index (χ0v) is 20.1. The summed E-state index contributed by atoms with van der Waals surface area (Å²) >= 11 is 1.58. The molecule has 0 spiro atoms. The maximum atomic E-state index is 12.7. The minimum Gasteiger partial charge on any atom is -0.355 e. The third-order valence-corrected chi connectivity index (χ3v) is 6.64. The molecule has 0 aliphatic heterocycles. The molecule has 0 aliphatic carbocycles. The van der Waals surface area contributed by atoms with Crippen molar-refractivity contribution < 1.29 is 13.2 Å². The number of rotatable bonds is 12. The fraction of sp³-hybridized carbons (Fsp3) is 0.375. The summed E-state index contributed by atoms with van der Waals surface area (Å²) in [4.78, 5) is 12.7. The topological polar surface area (TPSA) is 75.3 Å². The molecule has 0 aromatic heterocycles. The highest BCUT2D eigenvalue weighted by Crippen LogP contribution is 2.12. The minimum absolute atomic E-state index is 0.286. The van der Waals surface area contributed by atoms with E-state index in [2.05, 4.69) is 42.1 Å². The number of sulfonamides is 1. The molecular formula is C24H32N2O3S2. The van der Waals surface area contributed by atoms with Crippen molar-refractivity contribution in [3.8, 4) is 0 Å². The molecule has 1 amide bonds. The fourth-order valence-electron chi connectivity index (χ4n) is 3.19.